The second-order valence-corrected chi connectivity index (χ2v) is 2.71. The Bertz CT molecular complexity index is 506. The van der Waals surface area contributed by atoms with Gasteiger partial charge in [-0.3, -0.25) is 30.3 Å². The first-order valence-electron chi connectivity index (χ1n) is 3.77. The van der Waals surface area contributed by atoms with E-state index in [2.05, 4.69) is 0 Å². The molecule has 1 N–H and O–H groups in total. The van der Waals surface area contributed by atoms with E-state index in [0.717, 1.165) is 0 Å². The number of phenols is 1. The van der Waals surface area contributed by atoms with E-state index < -0.39 is 43.3 Å². The molecule has 0 bridgehead atoms. The van der Waals surface area contributed by atoms with Crippen LogP contribution in [0.4, 0.5) is 17.1 Å². The minimum atomic E-state index is -1.69. The molecule has 0 saturated carbocycles. The van der Waals surface area contributed by atoms with Crippen LogP contribution in [0.25, 0.3) is 0 Å². The SMILES string of the molecule is O=[N+]([O-])c1cc([N+](=O)[O-])c(O)c([N+](=O)[O-])c1[O-].[Ag+]. The van der Waals surface area contributed by atoms with Crippen molar-refractivity contribution in [2.24, 2.45) is 0 Å². The third-order valence-corrected chi connectivity index (χ3v) is 1.76. The maximum absolute atomic E-state index is 11.2. The minimum absolute atomic E-state index is 0. The minimum Gasteiger partial charge on any atom is -0.863 e. The van der Waals surface area contributed by atoms with E-state index in [1.54, 1.807) is 0 Å². The van der Waals surface area contributed by atoms with Crippen LogP contribution in [0.5, 0.6) is 11.5 Å². The summed E-state index contributed by atoms with van der Waals surface area (Å²) >= 11 is 0. The zero-order chi connectivity index (χ0) is 13.3. The van der Waals surface area contributed by atoms with Gasteiger partial charge in [0.25, 0.3) is 11.4 Å². The number of nitro benzene ring substituents is 3. The molecular weight excluding hydrogens is 350 g/mol. The number of rotatable bonds is 3. The number of phenolic OH excluding ortho intramolecular Hbond substituents is 1. The third kappa shape index (κ3) is 2.53. The van der Waals surface area contributed by atoms with Gasteiger partial charge in [-0.1, -0.05) is 0 Å². The summed E-state index contributed by atoms with van der Waals surface area (Å²) in [5.74, 6) is -3.20. The molecule has 0 aliphatic heterocycles. The largest absolute Gasteiger partial charge is 1.00 e. The monoisotopic (exact) mass is 351 g/mol. The van der Waals surface area contributed by atoms with Crippen molar-refractivity contribution in [3.05, 3.63) is 36.4 Å². The number of nitrogens with zero attached hydrogens (tertiary/aromatic N) is 3. The molecule has 0 spiro atoms. The topological polar surface area (TPSA) is 173 Å². The second kappa shape index (κ2) is 5.40. The van der Waals surface area contributed by atoms with Crippen molar-refractivity contribution in [3.8, 4) is 11.5 Å². The average Bonchev–Trinajstić information content (AvgIpc) is 2.15. The Kier molecular flexibility index (Phi) is 4.72. The molecule has 0 radical (unpaired) electrons. The molecule has 11 nitrogen and oxygen atoms in total. The van der Waals surface area contributed by atoms with Gasteiger partial charge in [0.1, 0.15) is 0 Å². The van der Waals surface area contributed by atoms with Crippen LogP contribution >= 0.6 is 0 Å². The van der Waals surface area contributed by atoms with Gasteiger partial charge in [0, 0.05) is 0 Å². The van der Waals surface area contributed by atoms with Crippen LogP contribution in [0, 0.1) is 30.3 Å². The van der Waals surface area contributed by atoms with E-state index in [1.165, 1.54) is 0 Å². The van der Waals surface area contributed by atoms with Crippen LogP contribution in [-0.4, -0.2) is 19.9 Å². The molecule has 0 aliphatic rings. The van der Waals surface area contributed by atoms with Crippen molar-refractivity contribution in [2.75, 3.05) is 0 Å². The molecule has 0 atom stereocenters. The van der Waals surface area contributed by atoms with Gasteiger partial charge in [-0.05, 0) is 0 Å². The normalized spacial score (nSPS) is 9.33. The fraction of sp³-hybridized carbons (Fsp3) is 0. The first kappa shape index (κ1) is 15.8. The Hall–Kier alpha value is -2.24. The first-order chi connectivity index (χ1) is 7.77. The Morgan fingerprint density at radius 1 is 0.944 bits per heavy atom. The summed E-state index contributed by atoms with van der Waals surface area (Å²) in [6.45, 7) is 0. The number of benzene rings is 1. The molecule has 0 amide bonds. The van der Waals surface area contributed by atoms with E-state index >= 15 is 0 Å². The molecule has 0 unspecified atom stereocenters. The zero-order valence-electron chi connectivity index (χ0n) is 8.03. The zero-order valence-corrected chi connectivity index (χ0v) is 9.51. The molecule has 0 fully saturated rings. The van der Waals surface area contributed by atoms with Gasteiger partial charge in [0.2, 0.25) is 0 Å². The van der Waals surface area contributed by atoms with Crippen LogP contribution in [0.2, 0.25) is 0 Å². The van der Waals surface area contributed by atoms with Crippen LogP contribution in [0.15, 0.2) is 6.07 Å². The van der Waals surface area contributed by atoms with Crippen molar-refractivity contribution >= 4 is 17.1 Å². The van der Waals surface area contributed by atoms with Crippen molar-refractivity contribution < 1.29 is 47.4 Å². The van der Waals surface area contributed by atoms with Gasteiger partial charge >= 0.3 is 33.8 Å². The maximum Gasteiger partial charge on any atom is 1.00 e. The van der Waals surface area contributed by atoms with Gasteiger partial charge in [0.05, 0.1) is 26.6 Å². The van der Waals surface area contributed by atoms with Gasteiger partial charge < -0.3 is 10.2 Å². The van der Waals surface area contributed by atoms with Gasteiger partial charge in [-0.25, -0.2) is 0 Å². The smallest absolute Gasteiger partial charge is 0.863 e. The molecular formula is C6H2AgN3O8. The molecule has 0 heterocycles. The predicted octanol–water partition coefficient (Wildman–Crippen LogP) is 0.188. The summed E-state index contributed by atoms with van der Waals surface area (Å²) in [7, 11) is 0. The molecule has 1 rings (SSSR count). The van der Waals surface area contributed by atoms with Crippen molar-refractivity contribution in [1.29, 1.82) is 0 Å². The fourth-order valence-corrected chi connectivity index (χ4v) is 1.06. The summed E-state index contributed by atoms with van der Waals surface area (Å²) in [5.41, 5.74) is -4.21. The van der Waals surface area contributed by atoms with Crippen molar-refractivity contribution in [1.82, 2.24) is 0 Å². The molecule has 1 aromatic rings. The summed E-state index contributed by atoms with van der Waals surface area (Å²) in [6, 6.07) is 0.171. The van der Waals surface area contributed by atoms with E-state index in [1.807, 2.05) is 0 Å². The quantitative estimate of drug-likeness (QED) is 0.456. The standard InChI is InChI=1S/C6H3N3O8.Ag/c10-5-2(7(12)13)1-3(8(14)15)6(11)4(5)9(16)17;/h1,10-11H;/q;+1/p-1. The van der Waals surface area contributed by atoms with E-state index in [9.17, 15) is 35.4 Å². The predicted molar refractivity (Wildman–Crippen MR) is 47.5 cm³/mol. The summed E-state index contributed by atoms with van der Waals surface area (Å²) in [5, 5.41) is 51.4. The van der Waals surface area contributed by atoms with Crippen LogP contribution in [0.1, 0.15) is 0 Å². The van der Waals surface area contributed by atoms with E-state index in [4.69, 9.17) is 5.11 Å². The average molecular weight is 352 g/mol. The van der Waals surface area contributed by atoms with Crippen LogP contribution < -0.4 is 5.11 Å². The molecule has 0 aliphatic carbocycles. The number of nitro groups is 3. The molecule has 0 aromatic heterocycles. The van der Waals surface area contributed by atoms with E-state index in [0.29, 0.717) is 0 Å². The van der Waals surface area contributed by atoms with Gasteiger partial charge in [-0.15, -0.1) is 0 Å². The molecule has 12 heteroatoms. The van der Waals surface area contributed by atoms with Crippen LogP contribution in [0.3, 0.4) is 0 Å². The van der Waals surface area contributed by atoms with Gasteiger partial charge in [0.15, 0.2) is 0 Å². The van der Waals surface area contributed by atoms with E-state index in [-0.39, 0.29) is 28.4 Å². The Morgan fingerprint density at radius 2 is 1.39 bits per heavy atom. The van der Waals surface area contributed by atoms with Gasteiger partial charge in [-0.2, -0.15) is 0 Å². The van der Waals surface area contributed by atoms with Crippen LogP contribution in [-0.2, 0) is 22.4 Å². The molecule has 100 valence electrons. The second-order valence-electron chi connectivity index (χ2n) is 2.71. The maximum atomic E-state index is 11.2. The Labute approximate surface area is 113 Å². The number of aromatic hydroxyl groups is 1. The fourth-order valence-electron chi connectivity index (χ4n) is 1.06. The van der Waals surface area contributed by atoms with Crippen molar-refractivity contribution in [2.45, 2.75) is 0 Å². The Balaban J connectivity index is 0.00000289. The summed E-state index contributed by atoms with van der Waals surface area (Å²) < 4.78 is 0. The summed E-state index contributed by atoms with van der Waals surface area (Å²) in [6.07, 6.45) is 0. The number of hydrogen-bond donors (Lipinski definition) is 1. The molecule has 0 saturated heterocycles. The molecule has 18 heavy (non-hydrogen) atoms. The number of hydrogen-bond acceptors (Lipinski definition) is 8. The first-order valence-corrected chi connectivity index (χ1v) is 3.77. The summed E-state index contributed by atoms with van der Waals surface area (Å²) in [4.78, 5) is 27.1. The molecule has 1 aromatic carbocycles. The van der Waals surface area contributed by atoms with Crippen molar-refractivity contribution in [3.63, 3.8) is 0 Å². The Morgan fingerprint density at radius 3 is 1.72 bits per heavy atom. The third-order valence-electron chi connectivity index (χ3n) is 1.76.